The molecule has 13 heavy (non-hydrogen) atoms. The van der Waals surface area contributed by atoms with E-state index >= 15 is 0 Å². The fourth-order valence-electron chi connectivity index (χ4n) is 1.88. The number of aryl methyl sites for hydroxylation is 1. The lowest BCUT2D eigenvalue weighted by Gasteiger charge is -2.15. The van der Waals surface area contributed by atoms with Gasteiger partial charge < -0.3 is 4.42 Å². The Kier molecular flexibility index (Phi) is 2.68. The standard InChI is InChI=1S/C11H16OS/c1-8-5-6-10(12-8)9(2)11-4-3-7-13-11/h5-6,9,11H,3-4,7H2,1-2H3. The van der Waals surface area contributed by atoms with Gasteiger partial charge in [0.1, 0.15) is 11.5 Å². The highest BCUT2D eigenvalue weighted by atomic mass is 32.2. The lowest BCUT2D eigenvalue weighted by molar-refractivity contribution is 0.445. The molecule has 2 heterocycles. The topological polar surface area (TPSA) is 13.1 Å². The van der Waals surface area contributed by atoms with Crippen LogP contribution < -0.4 is 0 Å². The number of thioether (sulfide) groups is 1. The lowest BCUT2D eigenvalue weighted by atomic mass is 10.0. The van der Waals surface area contributed by atoms with E-state index in [1.165, 1.54) is 18.6 Å². The highest BCUT2D eigenvalue weighted by Crippen LogP contribution is 2.37. The predicted octanol–water partition coefficient (Wildman–Crippen LogP) is 3.59. The molecule has 2 heteroatoms. The van der Waals surface area contributed by atoms with Crippen LogP contribution in [-0.4, -0.2) is 11.0 Å². The maximum Gasteiger partial charge on any atom is 0.108 e. The molecular weight excluding hydrogens is 180 g/mol. The van der Waals surface area contributed by atoms with Crippen LogP contribution in [0.5, 0.6) is 0 Å². The third-order valence-corrected chi connectivity index (χ3v) is 4.33. The molecule has 2 unspecified atom stereocenters. The fourth-order valence-corrected chi connectivity index (χ4v) is 3.27. The Morgan fingerprint density at radius 1 is 1.54 bits per heavy atom. The van der Waals surface area contributed by atoms with Gasteiger partial charge in [-0.15, -0.1) is 0 Å². The first-order chi connectivity index (χ1) is 6.27. The smallest absolute Gasteiger partial charge is 0.108 e. The number of rotatable bonds is 2. The molecule has 0 aliphatic carbocycles. The molecule has 2 atom stereocenters. The zero-order valence-corrected chi connectivity index (χ0v) is 9.06. The number of hydrogen-bond acceptors (Lipinski definition) is 2. The second-order valence-electron chi connectivity index (χ2n) is 3.79. The molecule has 1 aromatic rings. The Labute approximate surface area is 83.9 Å². The summed E-state index contributed by atoms with van der Waals surface area (Å²) < 4.78 is 5.64. The van der Waals surface area contributed by atoms with E-state index in [4.69, 9.17) is 4.42 Å². The van der Waals surface area contributed by atoms with Crippen LogP contribution in [-0.2, 0) is 0 Å². The summed E-state index contributed by atoms with van der Waals surface area (Å²) >= 11 is 2.09. The van der Waals surface area contributed by atoms with Crippen molar-refractivity contribution in [3.8, 4) is 0 Å². The molecule has 0 bridgehead atoms. The molecule has 1 aliphatic heterocycles. The van der Waals surface area contributed by atoms with Gasteiger partial charge in [0, 0.05) is 11.2 Å². The zero-order valence-electron chi connectivity index (χ0n) is 8.25. The molecule has 0 spiro atoms. The van der Waals surface area contributed by atoms with Crippen molar-refractivity contribution in [1.82, 2.24) is 0 Å². The summed E-state index contributed by atoms with van der Waals surface area (Å²) in [6.45, 7) is 4.29. The lowest BCUT2D eigenvalue weighted by Crippen LogP contribution is -2.07. The van der Waals surface area contributed by atoms with Crippen LogP contribution >= 0.6 is 11.8 Å². The maximum atomic E-state index is 5.64. The van der Waals surface area contributed by atoms with E-state index in [0.717, 1.165) is 16.8 Å². The normalized spacial score (nSPS) is 24.9. The summed E-state index contributed by atoms with van der Waals surface area (Å²) in [5.74, 6) is 4.11. The van der Waals surface area contributed by atoms with Crippen molar-refractivity contribution in [3.63, 3.8) is 0 Å². The largest absolute Gasteiger partial charge is 0.466 e. The van der Waals surface area contributed by atoms with Crippen LogP contribution in [0.25, 0.3) is 0 Å². The van der Waals surface area contributed by atoms with Crippen molar-refractivity contribution >= 4 is 11.8 Å². The molecule has 0 amide bonds. The monoisotopic (exact) mass is 196 g/mol. The quantitative estimate of drug-likeness (QED) is 0.717. The van der Waals surface area contributed by atoms with Crippen molar-refractivity contribution in [2.24, 2.45) is 0 Å². The molecule has 1 aromatic heterocycles. The summed E-state index contributed by atoms with van der Waals surface area (Å²) in [6, 6.07) is 4.18. The van der Waals surface area contributed by atoms with E-state index in [0.29, 0.717) is 5.92 Å². The summed E-state index contributed by atoms with van der Waals surface area (Å²) in [5, 5.41) is 0.783. The first-order valence-corrected chi connectivity index (χ1v) is 6.00. The minimum absolute atomic E-state index is 0.584. The van der Waals surface area contributed by atoms with Crippen LogP contribution in [0.1, 0.15) is 37.2 Å². The van der Waals surface area contributed by atoms with E-state index < -0.39 is 0 Å². The van der Waals surface area contributed by atoms with Crippen molar-refractivity contribution in [2.75, 3.05) is 5.75 Å². The van der Waals surface area contributed by atoms with E-state index in [1.807, 2.05) is 6.92 Å². The zero-order chi connectivity index (χ0) is 9.26. The summed E-state index contributed by atoms with van der Waals surface area (Å²) in [4.78, 5) is 0. The molecule has 2 rings (SSSR count). The Bertz CT molecular complexity index is 273. The van der Waals surface area contributed by atoms with Gasteiger partial charge in [-0.05, 0) is 37.7 Å². The minimum Gasteiger partial charge on any atom is -0.466 e. The molecule has 0 radical (unpaired) electrons. The fraction of sp³-hybridized carbons (Fsp3) is 0.636. The highest BCUT2D eigenvalue weighted by molar-refractivity contribution is 8.00. The van der Waals surface area contributed by atoms with E-state index in [1.54, 1.807) is 0 Å². The summed E-state index contributed by atoms with van der Waals surface area (Å²) in [5.41, 5.74) is 0. The number of furan rings is 1. The first kappa shape index (κ1) is 9.20. The molecular formula is C11H16OS. The molecule has 1 nitrogen and oxygen atoms in total. The van der Waals surface area contributed by atoms with Crippen molar-refractivity contribution < 1.29 is 4.42 Å². The van der Waals surface area contributed by atoms with Gasteiger partial charge in [0.05, 0.1) is 0 Å². The van der Waals surface area contributed by atoms with Crippen LogP contribution in [0.15, 0.2) is 16.5 Å². The molecule has 0 aromatic carbocycles. The second-order valence-corrected chi connectivity index (χ2v) is 5.14. The van der Waals surface area contributed by atoms with Crippen molar-refractivity contribution in [1.29, 1.82) is 0 Å². The predicted molar refractivity (Wildman–Crippen MR) is 57.3 cm³/mol. The van der Waals surface area contributed by atoms with E-state index in [2.05, 4.69) is 30.8 Å². The van der Waals surface area contributed by atoms with Crippen molar-refractivity contribution in [3.05, 3.63) is 23.7 Å². The van der Waals surface area contributed by atoms with Gasteiger partial charge in [-0.3, -0.25) is 0 Å². The summed E-state index contributed by atoms with van der Waals surface area (Å²) in [7, 11) is 0. The van der Waals surface area contributed by atoms with Gasteiger partial charge in [-0.25, -0.2) is 0 Å². The SMILES string of the molecule is Cc1ccc(C(C)C2CCCS2)o1. The Hall–Kier alpha value is -0.370. The van der Waals surface area contributed by atoms with Crippen molar-refractivity contribution in [2.45, 2.75) is 37.9 Å². The van der Waals surface area contributed by atoms with Crippen LogP contribution in [0.4, 0.5) is 0 Å². The van der Waals surface area contributed by atoms with Gasteiger partial charge in [-0.1, -0.05) is 6.92 Å². The van der Waals surface area contributed by atoms with Gasteiger partial charge in [-0.2, -0.15) is 11.8 Å². The van der Waals surface area contributed by atoms with E-state index in [9.17, 15) is 0 Å². The molecule has 0 saturated carbocycles. The second kappa shape index (κ2) is 3.79. The molecule has 72 valence electrons. The van der Waals surface area contributed by atoms with Gasteiger partial charge in [0.2, 0.25) is 0 Å². The molecule has 1 aliphatic rings. The summed E-state index contributed by atoms with van der Waals surface area (Å²) in [6.07, 6.45) is 2.73. The Morgan fingerprint density at radius 2 is 2.38 bits per heavy atom. The first-order valence-electron chi connectivity index (χ1n) is 4.95. The minimum atomic E-state index is 0.584. The van der Waals surface area contributed by atoms with Gasteiger partial charge >= 0.3 is 0 Å². The molecule has 1 saturated heterocycles. The Balaban J connectivity index is 2.07. The highest BCUT2D eigenvalue weighted by Gasteiger charge is 2.25. The van der Waals surface area contributed by atoms with Crippen LogP contribution in [0.3, 0.4) is 0 Å². The Morgan fingerprint density at radius 3 is 2.92 bits per heavy atom. The molecule has 1 fully saturated rings. The maximum absolute atomic E-state index is 5.64. The van der Waals surface area contributed by atoms with Crippen LogP contribution in [0.2, 0.25) is 0 Å². The van der Waals surface area contributed by atoms with E-state index in [-0.39, 0.29) is 0 Å². The number of hydrogen-bond donors (Lipinski definition) is 0. The third-order valence-electron chi connectivity index (χ3n) is 2.73. The average molecular weight is 196 g/mol. The average Bonchev–Trinajstić information content (AvgIpc) is 2.72. The van der Waals surface area contributed by atoms with Crippen LogP contribution in [0, 0.1) is 6.92 Å². The third kappa shape index (κ3) is 1.93. The molecule has 0 N–H and O–H groups in total. The van der Waals surface area contributed by atoms with Gasteiger partial charge in [0.25, 0.3) is 0 Å². The van der Waals surface area contributed by atoms with Gasteiger partial charge in [0.15, 0.2) is 0 Å².